The summed E-state index contributed by atoms with van der Waals surface area (Å²) in [6, 6.07) is 0. The lowest BCUT2D eigenvalue weighted by Gasteiger charge is -2.49. The van der Waals surface area contributed by atoms with Crippen LogP contribution in [-0.2, 0) is 4.74 Å². The van der Waals surface area contributed by atoms with E-state index in [0.717, 1.165) is 19.0 Å². The van der Waals surface area contributed by atoms with Crippen LogP contribution in [0.25, 0.3) is 0 Å². The normalized spacial score (nSPS) is 43.9. The summed E-state index contributed by atoms with van der Waals surface area (Å²) in [6.07, 6.45) is 6.52. The molecule has 2 rings (SSSR count). The summed E-state index contributed by atoms with van der Waals surface area (Å²) < 4.78 is 6.63. The summed E-state index contributed by atoms with van der Waals surface area (Å²) in [7, 11) is 0. The van der Waals surface area contributed by atoms with Crippen LogP contribution in [0.5, 0.6) is 0 Å². The lowest BCUT2D eigenvalue weighted by atomic mass is 9.84. The zero-order chi connectivity index (χ0) is 12.5. The van der Waals surface area contributed by atoms with Crippen LogP contribution in [-0.4, -0.2) is 24.3 Å². The highest BCUT2D eigenvalue weighted by molar-refractivity contribution is 4.97. The zero-order valence-corrected chi connectivity index (χ0v) is 12.0. The molecule has 0 aromatic rings. The number of nitrogens with one attached hydrogen (secondary N) is 1. The second-order valence-corrected chi connectivity index (χ2v) is 6.89. The monoisotopic (exact) mass is 239 g/mol. The van der Waals surface area contributed by atoms with Crippen molar-refractivity contribution in [1.29, 1.82) is 0 Å². The van der Waals surface area contributed by atoms with Gasteiger partial charge < -0.3 is 10.1 Å². The van der Waals surface area contributed by atoms with E-state index < -0.39 is 0 Å². The highest BCUT2D eigenvalue weighted by atomic mass is 16.5. The van der Waals surface area contributed by atoms with Crippen LogP contribution in [0.15, 0.2) is 0 Å². The van der Waals surface area contributed by atoms with Crippen LogP contribution in [0, 0.1) is 11.8 Å². The van der Waals surface area contributed by atoms with Crippen LogP contribution in [0.2, 0.25) is 0 Å². The molecule has 2 fully saturated rings. The Balaban J connectivity index is 2.09. The molecule has 1 saturated heterocycles. The molecule has 1 aliphatic heterocycles. The molecule has 1 heterocycles. The molecule has 0 bridgehead atoms. The Hall–Kier alpha value is -0.0800. The van der Waals surface area contributed by atoms with Crippen molar-refractivity contribution in [2.75, 3.05) is 13.1 Å². The van der Waals surface area contributed by atoms with Crippen LogP contribution in [0.3, 0.4) is 0 Å². The molecule has 2 nitrogen and oxygen atoms in total. The Labute approximate surface area is 107 Å². The van der Waals surface area contributed by atoms with Crippen LogP contribution < -0.4 is 5.32 Å². The maximum absolute atomic E-state index is 6.63. The topological polar surface area (TPSA) is 21.3 Å². The van der Waals surface area contributed by atoms with Crippen LogP contribution >= 0.6 is 0 Å². The minimum atomic E-state index is 0.0197. The van der Waals surface area contributed by atoms with E-state index in [0.29, 0.717) is 5.92 Å². The van der Waals surface area contributed by atoms with Crippen molar-refractivity contribution in [2.45, 2.75) is 71.0 Å². The average molecular weight is 239 g/mol. The van der Waals surface area contributed by atoms with E-state index in [-0.39, 0.29) is 11.2 Å². The smallest absolute Gasteiger partial charge is 0.0814 e. The average Bonchev–Trinajstić information content (AvgIpc) is 2.42. The Morgan fingerprint density at radius 2 is 1.94 bits per heavy atom. The van der Waals surface area contributed by atoms with Crippen molar-refractivity contribution in [3.05, 3.63) is 0 Å². The quantitative estimate of drug-likeness (QED) is 0.757. The molecule has 2 aliphatic rings. The zero-order valence-electron chi connectivity index (χ0n) is 12.0. The van der Waals surface area contributed by atoms with Gasteiger partial charge in [0.15, 0.2) is 0 Å². The van der Waals surface area contributed by atoms with E-state index in [9.17, 15) is 0 Å². The lowest BCUT2D eigenvalue weighted by molar-refractivity contribution is -0.194. The minimum Gasteiger partial charge on any atom is -0.366 e. The van der Waals surface area contributed by atoms with E-state index in [1.54, 1.807) is 0 Å². The first-order chi connectivity index (χ1) is 7.96. The number of hydrogen-bond acceptors (Lipinski definition) is 2. The van der Waals surface area contributed by atoms with Gasteiger partial charge in [0.25, 0.3) is 0 Å². The fourth-order valence-electron chi connectivity index (χ4n) is 3.26. The number of rotatable bonds is 1. The fraction of sp³-hybridized carbons (Fsp3) is 1.00. The summed E-state index contributed by atoms with van der Waals surface area (Å²) in [6.45, 7) is 11.3. The van der Waals surface area contributed by atoms with Crippen molar-refractivity contribution in [1.82, 2.24) is 5.32 Å². The molecule has 0 radical (unpaired) electrons. The third-order valence-corrected chi connectivity index (χ3v) is 5.02. The van der Waals surface area contributed by atoms with E-state index in [4.69, 9.17) is 4.74 Å². The van der Waals surface area contributed by atoms with Gasteiger partial charge in [-0.25, -0.2) is 0 Å². The number of morpholine rings is 1. The fourth-order valence-corrected chi connectivity index (χ4v) is 3.26. The summed E-state index contributed by atoms with van der Waals surface area (Å²) in [5, 5.41) is 3.63. The van der Waals surface area contributed by atoms with Gasteiger partial charge in [0.2, 0.25) is 0 Å². The van der Waals surface area contributed by atoms with E-state index >= 15 is 0 Å². The highest BCUT2D eigenvalue weighted by Gasteiger charge is 2.44. The van der Waals surface area contributed by atoms with E-state index in [2.05, 4.69) is 33.0 Å². The summed E-state index contributed by atoms with van der Waals surface area (Å²) in [5.41, 5.74) is 0.147. The first-order valence-corrected chi connectivity index (χ1v) is 7.37. The molecule has 2 heteroatoms. The van der Waals surface area contributed by atoms with Gasteiger partial charge in [-0.3, -0.25) is 0 Å². The molecule has 3 atom stereocenters. The standard InChI is InChI=1S/C15H29NO/c1-12(2)14(4)10-16-11-15(17-14)8-5-6-13(3)7-9-15/h12-13,16H,5-11H2,1-4H3. The van der Waals surface area contributed by atoms with Gasteiger partial charge in [-0.15, -0.1) is 0 Å². The molecular weight excluding hydrogens is 210 g/mol. The number of ether oxygens (including phenoxy) is 1. The van der Waals surface area contributed by atoms with Crippen molar-refractivity contribution in [2.24, 2.45) is 11.8 Å². The van der Waals surface area contributed by atoms with Gasteiger partial charge in [-0.2, -0.15) is 0 Å². The SMILES string of the molecule is CC1CCCC2(CC1)CNCC(C)(C(C)C)O2. The molecule has 0 amide bonds. The van der Waals surface area contributed by atoms with Crippen molar-refractivity contribution in [3.63, 3.8) is 0 Å². The Morgan fingerprint density at radius 1 is 1.18 bits per heavy atom. The molecule has 1 saturated carbocycles. The molecule has 0 aromatic carbocycles. The third kappa shape index (κ3) is 2.85. The molecular formula is C15H29NO. The number of hydrogen-bond donors (Lipinski definition) is 1. The van der Waals surface area contributed by atoms with Gasteiger partial charge in [-0.05, 0) is 38.0 Å². The second-order valence-electron chi connectivity index (χ2n) is 6.89. The van der Waals surface area contributed by atoms with Gasteiger partial charge in [0.1, 0.15) is 0 Å². The Morgan fingerprint density at radius 3 is 2.65 bits per heavy atom. The molecule has 1 aliphatic carbocycles. The molecule has 17 heavy (non-hydrogen) atoms. The van der Waals surface area contributed by atoms with Crippen LogP contribution in [0.1, 0.15) is 59.8 Å². The van der Waals surface area contributed by atoms with Gasteiger partial charge in [0.05, 0.1) is 11.2 Å². The van der Waals surface area contributed by atoms with Gasteiger partial charge >= 0.3 is 0 Å². The first kappa shape index (κ1) is 13.4. The van der Waals surface area contributed by atoms with Gasteiger partial charge in [0, 0.05) is 13.1 Å². The second kappa shape index (κ2) is 4.89. The Bertz CT molecular complexity index is 266. The molecule has 100 valence electrons. The first-order valence-electron chi connectivity index (χ1n) is 7.37. The highest BCUT2D eigenvalue weighted by Crippen LogP contribution is 2.39. The predicted octanol–water partition coefficient (Wildman–Crippen LogP) is 3.36. The Kier molecular flexibility index (Phi) is 3.84. The van der Waals surface area contributed by atoms with Crippen molar-refractivity contribution >= 4 is 0 Å². The summed E-state index contributed by atoms with van der Waals surface area (Å²) in [5.74, 6) is 1.46. The van der Waals surface area contributed by atoms with Crippen LogP contribution in [0.4, 0.5) is 0 Å². The maximum atomic E-state index is 6.63. The molecule has 1 spiro atoms. The molecule has 0 aromatic heterocycles. The van der Waals surface area contributed by atoms with Crippen molar-refractivity contribution < 1.29 is 4.74 Å². The summed E-state index contributed by atoms with van der Waals surface area (Å²) >= 11 is 0. The summed E-state index contributed by atoms with van der Waals surface area (Å²) in [4.78, 5) is 0. The minimum absolute atomic E-state index is 0.0197. The predicted molar refractivity (Wildman–Crippen MR) is 72.2 cm³/mol. The molecule has 1 N–H and O–H groups in total. The van der Waals surface area contributed by atoms with E-state index in [1.807, 2.05) is 0 Å². The largest absolute Gasteiger partial charge is 0.366 e. The third-order valence-electron chi connectivity index (χ3n) is 5.02. The van der Waals surface area contributed by atoms with Crippen molar-refractivity contribution in [3.8, 4) is 0 Å². The van der Waals surface area contributed by atoms with Gasteiger partial charge in [-0.1, -0.05) is 33.6 Å². The van der Waals surface area contributed by atoms with E-state index in [1.165, 1.54) is 32.1 Å². The molecule has 3 unspecified atom stereocenters. The maximum Gasteiger partial charge on any atom is 0.0814 e. The lowest BCUT2D eigenvalue weighted by Crippen LogP contribution is -2.61.